The molecule has 6 heteroatoms. The van der Waals surface area contributed by atoms with Crippen LogP contribution < -0.4 is 9.47 Å². The van der Waals surface area contributed by atoms with Crippen LogP contribution >= 0.6 is 11.3 Å². The predicted octanol–water partition coefficient (Wildman–Crippen LogP) is 3.93. The van der Waals surface area contributed by atoms with Crippen molar-refractivity contribution < 1.29 is 9.47 Å². The molecule has 0 aliphatic heterocycles. The van der Waals surface area contributed by atoms with Gasteiger partial charge in [-0.25, -0.2) is 4.98 Å². The van der Waals surface area contributed by atoms with Crippen molar-refractivity contribution in [2.45, 2.75) is 13.8 Å². The molecule has 0 fully saturated rings. The predicted molar refractivity (Wildman–Crippen MR) is 92.2 cm³/mol. The van der Waals surface area contributed by atoms with E-state index in [1.807, 2.05) is 50.0 Å². The molecule has 0 aliphatic rings. The van der Waals surface area contributed by atoms with E-state index in [0.717, 1.165) is 39.0 Å². The Balaban J connectivity index is 1.95. The highest BCUT2D eigenvalue weighted by Gasteiger charge is 2.13. The Kier molecular flexibility index (Phi) is 4.34. The number of thiazole rings is 1. The van der Waals surface area contributed by atoms with Gasteiger partial charge in [-0.2, -0.15) is 5.10 Å². The number of hydrogen-bond donors (Lipinski definition) is 0. The van der Waals surface area contributed by atoms with Gasteiger partial charge in [0.15, 0.2) is 11.5 Å². The fraction of sp³-hybridized carbons (Fsp3) is 0.294. The van der Waals surface area contributed by atoms with Crippen LogP contribution in [-0.2, 0) is 7.05 Å². The molecule has 3 rings (SSSR count). The summed E-state index contributed by atoms with van der Waals surface area (Å²) in [6.45, 7) is 4.56. The van der Waals surface area contributed by atoms with Gasteiger partial charge in [-0.05, 0) is 32.0 Å². The first-order valence-corrected chi connectivity index (χ1v) is 8.27. The molecule has 23 heavy (non-hydrogen) atoms. The van der Waals surface area contributed by atoms with Gasteiger partial charge in [-0.3, -0.25) is 4.68 Å². The van der Waals surface area contributed by atoms with E-state index in [1.54, 1.807) is 18.4 Å². The summed E-state index contributed by atoms with van der Waals surface area (Å²) in [7, 11) is 3.56. The summed E-state index contributed by atoms with van der Waals surface area (Å²) < 4.78 is 12.8. The summed E-state index contributed by atoms with van der Waals surface area (Å²) in [6.07, 6.45) is 1.99. The van der Waals surface area contributed by atoms with Crippen molar-refractivity contribution in [2.24, 2.45) is 7.05 Å². The van der Waals surface area contributed by atoms with Crippen molar-refractivity contribution in [1.82, 2.24) is 14.8 Å². The lowest BCUT2D eigenvalue weighted by Crippen LogP contribution is -1.95. The zero-order valence-electron chi connectivity index (χ0n) is 13.7. The van der Waals surface area contributed by atoms with Crippen LogP contribution in [0.1, 0.15) is 12.6 Å². The third kappa shape index (κ3) is 3.07. The zero-order valence-corrected chi connectivity index (χ0v) is 14.5. The quantitative estimate of drug-likeness (QED) is 0.712. The maximum Gasteiger partial charge on any atom is 0.161 e. The Morgan fingerprint density at radius 1 is 1.26 bits per heavy atom. The third-order valence-electron chi connectivity index (χ3n) is 3.50. The Morgan fingerprint density at radius 2 is 2.09 bits per heavy atom. The first-order chi connectivity index (χ1) is 11.1. The molecule has 0 aliphatic carbocycles. The minimum absolute atomic E-state index is 0.609. The van der Waals surface area contributed by atoms with E-state index >= 15 is 0 Å². The summed E-state index contributed by atoms with van der Waals surface area (Å²) >= 11 is 1.61. The van der Waals surface area contributed by atoms with Crippen molar-refractivity contribution in [3.05, 3.63) is 35.5 Å². The fourth-order valence-corrected chi connectivity index (χ4v) is 3.27. The van der Waals surface area contributed by atoms with Crippen LogP contribution in [0, 0.1) is 6.92 Å². The Bertz CT molecular complexity index is 823. The van der Waals surface area contributed by atoms with Crippen molar-refractivity contribution >= 4 is 11.3 Å². The van der Waals surface area contributed by atoms with Gasteiger partial charge in [0.05, 0.1) is 25.1 Å². The summed E-state index contributed by atoms with van der Waals surface area (Å²) in [5.41, 5.74) is 4.01. The summed E-state index contributed by atoms with van der Waals surface area (Å²) in [5, 5.41) is 7.38. The van der Waals surface area contributed by atoms with Crippen molar-refractivity contribution in [2.75, 3.05) is 13.7 Å². The average molecular weight is 329 g/mol. The van der Waals surface area contributed by atoms with Gasteiger partial charge in [0.2, 0.25) is 0 Å². The SMILES string of the molecule is CCOc1ccc(-c2nc(-c3cn(C)nc3C)cs2)cc1OC. The van der Waals surface area contributed by atoms with Gasteiger partial charge in [-0.15, -0.1) is 11.3 Å². The number of aromatic nitrogens is 3. The van der Waals surface area contributed by atoms with Crippen LogP contribution in [0.25, 0.3) is 21.8 Å². The average Bonchev–Trinajstić information content (AvgIpc) is 3.14. The summed E-state index contributed by atoms with van der Waals surface area (Å²) in [5.74, 6) is 1.47. The van der Waals surface area contributed by atoms with Gasteiger partial charge in [0.1, 0.15) is 5.01 Å². The summed E-state index contributed by atoms with van der Waals surface area (Å²) in [6, 6.07) is 5.89. The lowest BCUT2D eigenvalue weighted by atomic mass is 10.2. The van der Waals surface area contributed by atoms with E-state index in [1.165, 1.54) is 0 Å². The number of hydrogen-bond acceptors (Lipinski definition) is 5. The molecule has 3 aromatic rings. The van der Waals surface area contributed by atoms with E-state index in [9.17, 15) is 0 Å². The van der Waals surface area contributed by atoms with Gasteiger partial charge in [0, 0.05) is 29.8 Å². The van der Waals surface area contributed by atoms with E-state index in [2.05, 4.69) is 10.5 Å². The van der Waals surface area contributed by atoms with Crippen molar-refractivity contribution in [3.63, 3.8) is 0 Å². The minimum Gasteiger partial charge on any atom is -0.493 e. The van der Waals surface area contributed by atoms with Crippen LogP contribution in [0.4, 0.5) is 0 Å². The first kappa shape index (κ1) is 15.6. The van der Waals surface area contributed by atoms with Crippen LogP contribution in [0.2, 0.25) is 0 Å². The maximum absolute atomic E-state index is 5.56. The van der Waals surface area contributed by atoms with Gasteiger partial charge in [0.25, 0.3) is 0 Å². The molecule has 0 atom stereocenters. The van der Waals surface area contributed by atoms with E-state index in [4.69, 9.17) is 14.5 Å². The number of ether oxygens (including phenoxy) is 2. The highest BCUT2D eigenvalue weighted by Crippen LogP contribution is 2.35. The minimum atomic E-state index is 0.609. The molecule has 2 heterocycles. The second kappa shape index (κ2) is 6.42. The second-order valence-corrected chi connectivity index (χ2v) is 6.00. The highest BCUT2D eigenvalue weighted by atomic mass is 32.1. The normalized spacial score (nSPS) is 10.8. The molecule has 0 saturated carbocycles. The number of rotatable bonds is 5. The number of benzene rings is 1. The zero-order chi connectivity index (χ0) is 16.4. The van der Waals surface area contributed by atoms with Crippen LogP contribution in [0.5, 0.6) is 11.5 Å². The Morgan fingerprint density at radius 3 is 2.74 bits per heavy atom. The molecular formula is C17H19N3O2S. The lowest BCUT2D eigenvalue weighted by Gasteiger charge is -2.09. The first-order valence-electron chi connectivity index (χ1n) is 7.39. The smallest absolute Gasteiger partial charge is 0.161 e. The molecule has 120 valence electrons. The third-order valence-corrected chi connectivity index (χ3v) is 4.40. The van der Waals surface area contributed by atoms with E-state index < -0.39 is 0 Å². The standard InChI is InChI=1S/C17H19N3O2S/c1-5-22-15-7-6-12(8-16(15)21-4)17-18-14(10-23-17)13-9-20(3)19-11(13)2/h6-10H,5H2,1-4H3. The summed E-state index contributed by atoms with van der Waals surface area (Å²) in [4.78, 5) is 4.74. The lowest BCUT2D eigenvalue weighted by molar-refractivity contribution is 0.311. The largest absolute Gasteiger partial charge is 0.493 e. The van der Waals surface area contributed by atoms with Crippen LogP contribution in [0.15, 0.2) is 29.8 Å². The molecule has 5 nitrogen and oxygen atoms in total. The Labute approximate surface area is 139 Å². The van der Waals surface area contributed by atoms with Gasteiger partial charge in [-0.1, -0.05) is 0 Å². The second-order valence-electron chi connectivity index (χ2n) is 5.14. The molecular weight excluding hydrogens is 310 g/mol. The molecule has 0 N–H and O–H groups in total. The fourth-order valence-electron chi connectivity index (χ4n) is 2.46. The topological polar surface area (TPSA) is 49.2 Å². The van der Waals surface area contributed by atoms with Crippen molar-refractivity contribution in [3.8, 4) is 33.3 Å². The highest BCUT2D eigenvalue weighted by molar-refractivity contribution is 7.13. The molecule has 0 saturated heterocycles. The number of nitrogens with zero attached hydrogens (tertiary/aromatic N) is 3. The van der Waals surface area contributed by atoms with Gasteiger partial charge < -0.3 is 9.47 Å². The molecule has 2 aromatic heterocycles. The van der Waals surface area contributed by atoms with E-state index in [-0.39, 0.29) is 0 Å². The van der Waals surface area contributed by atoms with Crippen molar-refractivity contribution in [1.29, 1.82) is 0 Å². The molecule has 0 unspecified atom stereocenters. The number of aryl methyl sites for hydroxylation is 2. The number of methoxy groups -OCH3 is 1. The van der Waals surface area contributed by atoms with E-state index in [0.29, 0.717) is 6.61 Å². The molecule has 0 spiro atoms. The molecule has 0 radical (unpaired) electrons. The maximum atomic E-state index is 5.56. The van der Waals surface area contributed by atoms with Crippen LogP contribution in [0.3, 0.4) is 0 Å². The molecule has 1 aromatic carbocycles. The monoisotopic (exact) mass is 329 g/mol. The van der Waals surface area contributed by atoms with Crippen LogP contribution in [-0.4, -0.2) is 28.5 Å². The molecule has 0 bridgehead atoms. The molecule has 0 amide bonds. The Hall–Kier alpha value is -2.34. The van der Waals surface area contributed by atoms with Gasteiger partial charge >= 0.3 is 0 Å².